The first-order valence-electron chi connectivity index (χ1n) is 9.22. The molecule has 0 bridgehead atoms. The molecule has 3 N–H and O–H groups in total. The van der Waals surface area contributed by atoms with E-state index in [2.05, 4.69) is 21.8 Å². The molecule has 1 aromatic rings. The molecule has 144 valence electrons. The van der Waals surface area contributed by atoms with Crippen molar-refractivity contribution in [3.63, 3.8) is 0 Å². The Hall–Kier alpha value is -1.31. The molecule has 1 saturated heterocycles. The van der Waals surface area contributed by atoms with E-state index >= 15 is 0 Å². The quantitative estimate of drug-likeness (QED) is 0.476. The van der Waals surface area contributed by atoms with Crippen molar-refractivity contribution in [3.8, 4) is 0 Å². The molecular weight excluding hydrogens is 364 g/mol. The maximum Gasteiger partial charge on any atom is 0.279 e. The molecule has 0 spiro atoms. The predicted molar refractivity (Wildman–Crippen MR) is 115 cm³/mol. The number of aryl methyl sites for hydroxylation is 2. The number of nitrogens with zero attached hydrogens (tertiary/aromatic N) is 1. The average molecular weight is 396 g/mol. The zero-order chi connectivity index (χ0) is 18.9. The summed E-state index contributed by atoms with van der Waals surface area (Å²) in [7, 11) is 0. The first-order chi connectivity index (χ1) is 12.5. The first-order valence-corrected chi connectivity index (χ1v) is 11.0. The van der Waals surface area contributed by atoms with E-state index in [0.29, 0.717) is 6.54 Å². The summed E-state index contributed by atoms with van der Waals surface area (Å²) in [6.45, 7) is 9.18. The number of carbonyl (C=O) groups is 1. The number of thiocarbonyl (C=S) groups is 1. The first kappa shape index (κ1) is 21.0. The van der Waals surface area contributed by atoms with Gasteiger partial charge in [-0.3, -0.25) is 4.79 Å². The van der Waals surface area contributed by atoms with E-state index in [-0.39, 0.29) is 5.91 Å². The maximum atomic E-state index is 12.4. The highest BCUT2D eigenvalue weighted by atomic mass is 32.2. The molecule has 1 heterocycles. The van der Waals surface area contributed by atoms with Crippen LogP contribution in [0.15, 0.2) is 18.2 Å². The lowest BCUT2D eigenvalue weighted by Gasteiger charge is -2.33. The number of piperazine rings is 1. The van der Waals surface area contributed by atoms with E-state index in [1.807, 2.05) is 43.8 Å². The van der Waals surface area contributed by atoms with Gasteiger partial charge in [0.15, 0.2) is 11.7 Å². The molecule has 1 fully saturated rings. The lowest BCUT2D eigenvalue weighted by molar-refractivity contribution is -0.895. The van der Waals surface area contributed by atoms with Gasteiger partial charge in [-0.15, -0.1) is 0 Å². The summed E-state index contributed by atoms with van der Waals surface area (Å²) < 4.78 is 0. The minimum atomic E-state index is 0.0867. The summed E-state index contributed by atoms with van der Waals surface area (Å²) in [6.07, 6.45) is 3.25. The second kappa shape index (κ2) is 10.7. The van der Waals surface area contributed by atoms with Crippen molar-refractivity contribution in [1.29, 1.82) is 0 Å². The SMILES string of the molecule is CSCCCNC(=S)N1CC[NH+](CC(=O)Nc2c(C)cccc2C)CC1. The highest BCUT2D eigenvalue weighted by molar-refractivity contribution is 7.98. The third-order valence-corrected chi connectivity index (χ3v) is 5.81. The van der Waals surface area contributed by atoms with Crippen molar-refractivity contribution >= 4 is 40.7 Å². The molecule has 7 heteroatoms. The van der Waals surface area contributed by atoms with Gasteiger partial charge < -0.3 is 20.4 Å². The van der Waals surface area contributed by atoms with Gasteiger partial charge in [-0.2, -0.15) is 11.8 Å². The fourth-order valence-electron chi connectivity index (χ4n) is 3.15. The molecule has 1 amide bonds. The monoisotopic (exact) mass is 395 g/mol. The number of quaternary nitrogens is 1. The second-order valence-corrected chi connectivity index (χ2v) is 8.18. The number of amides is 1. The second-order valence-electron chi connectivity index (χ2n) is 6.81. The molecule has 2 rings (SSSR count). The van der Waals surface area contributed by atoms with Gasteiger partial charge in [0.25, 0.3) is 5.91 Å². The van der Waals surface area contributed by atoms with E-state index in [4.69, 9.17) is 12.2 Å². The topological polar surface area (TPSA) is 48.8 Å². The molecule has 0 aliphatic carbocycles. The standard InChI is InChI=1S/C19H30N4OS2/c1-15-6-4-7-16(2)18(15)21-17(24)14-22-9-11-23(12-10-22)19(25)20-8-5-13-26-3/h4,6-7H,5,8-14H2,1-3H3,(H,20,25)(H,21,24)/p+1. The van der Waals surface area contributed by atoms with Gasteiger partial charge in [-0.1, -0.05) is 18.2 Å². The molecule has 5 nitrogen and oxygen atoms in total. The van der Waals surface area contributed by atoms with Crippen molar-refractivity contribution in [1.82, 2.24) is 10.2 Å². The van der Waals surface area contributed by atoms with Crippen LogP contribution < -0.4 is 15.5 Å². The highest BCUT2D eigenvalue weighted by Crippen LogP contribution is 2.18. The third kappa shape index (κ3) is 6.45. The van der Waals surface area contributed by atoms with Gasteiger partial charge in [0, 0.05) is 12.2 Å². The van der Waals surface area contributed by atoms with Crippen LogP contribution >= 0.6 is 24.0 Å². The van der Waals surface area contributed by atoms with Crippen molar-refractivity contribution in [2.75, 3.05) is 56.6 Å². The van der Waals surface area contributed by atoms with Crippen LogP contribution in [0.1, 0.15) is 17.5 Å². The van der Waals surface area contributed by atoms with E-state index < -0.39 is 0 Å². The Labute approximate surface area is 166 Å². The van der Waals surface area contributed by atoms with Crippen LogP contribution in [0.3, 0.4) is 0 Å². The lowest BCUT2D eigenvalue weighted by Crippen LogP contribution is -3.15. The minimum absolute atomic E-state index is 0.0867. The van der Waals surface area contributed by atoms with Crippen molar-refractivity contribution in [3.05, 3.63) is 29.3 Å². The van der Waals surface area contributed by atoms with E-state index in [9.17, 15) is 4.79 Å². The van der Waals surface area contributed by atoms with Crippen LogP contribution in [0.4, 0.5) is 5.69 Å². The predicted octanol–water partition coefficient (Wildman–Crippen LogP) is 1.07. The average Bonchev–Trinajstić information content (AvgIpc) is 2.62. The molecule has 1 aliphatic heterocycles. The van der Waals surface area contributed by atoms with Crippen LogP contribution in [-0.4, -0.2) is 67.2 Å². The van der Waals surface area contributed by atoms with Gasteiger partial charge in [0.1, 0.15) is 0 Å². The normalized spacial score (nSPS) is 15.0. The molecule has 0 unspecified atom stereocenters. The number of rotatable bonds is 7. The summed E-state index contributed by atoms with van der Waals surface area (Å²) in [5.74, 6) is 1.24. The fourth-order valence-corrected chi connectivity index (χ4v) is 3.87. The Morgan fingerprint density at radius 3 is 2.54 bits per heavy atom. The Balaban J connectivity index is 1.73. The Morgan fingerprint density at radius 2 is 1.92 bits per heavy atom. The van der Waals surface area contributed by atoms with Gasteiger partial charge in [-0.05, 0) is 55.6 Å². The molecule has 0 aromatic heterocycles. The highest BCUT2D eigenvalue weighted by Gasteiger charge is 2.23. The number of hydrogen-bond acceptors (Lipinski definition) is 3. The Kier molecular flexibility index (Phi) is 8.68. The maximum absolute atomic E-state index is 12.4. The van der Waals surface area contributed by atoms with E-state index in [0.717, 1.165) is 66.8 Å². The van der Waals surface area contributed by atoms with Crippen LogP contribution in [0.5, 0.6) is 0 Å². The number of hydrogen-bond donors (Lipinski definition) is 3. The van der Waals surface area contributed by atoms with Crippen LogP contribution in [-0.2, 0) is 4.79 Å². The molecule has 0 saturated carbocycles. The molecule has 26 heavy (non-hydrogen) atoms. The summed E-state index contributed by atoms with van der Waals surface area (Å²) in [5, 5.41) is 7.28. The summed E-state index contributed by atoms with van der Waals surface area (Å²) in [4.78, 5) is 16.0. The van der Waals surface area contributed by atoms with Gasteiger partial charge in [-0.25, -0.2) is 0 Å². The van der Waals surface area contributed by atoms with Crippen LogP contribution in [0, 0.1) is 13.8 Å². The molecule has 0 atom stereocenters. The number of carbonyl (C=O) groups excluding carboxylic acids is 1. The third-order valence-electron chi connectivity index (χ3n) is 4.72. The molecule has 0 radical (unpaired) electrons. The summed E-state index contributed by atoms with van der Waals surface area (Å²) >= 11 is 7.34. The smallest absolute Gasteiger partial charge is 0.279 e. The Bertz CT molecular complexity index is 595. The number of para-hydroxylation sites is 1. The number of benzene rings is 1. The zero-order valence-corrected chi connectivity index (χ0v) is 17.7. The number of thioether (sulfide) groups is 1. The zero-order valence-electron chi connectivity index (χ0n) is 16.1. The number of nitrogens with one attached hydrogen (secondary N) is 3. The Morgan fingerprint density at radius 1 is 1.27 bits per heavy atom. The fraction of sp³-hybridized carbons (Fsp3) is 0.579. The molecular formula is C19H31N4OS2+. The molecule has 1 aliphatic rings. The summed E-state index contributed by atoms with van der Waals surface area (Å²) in [6, 6.07) is 6.07. The van der Waals surface area contributed by atoms with Crippen molar-refractivity contribution in [2.24, 2.45) is 0 Å². The lowest BCUT2D eigenvalue weighted by atomic mass is 10.1. The van der Waals surface area contributed by atoms with Crippen LogP contribution in [0.2, 0.25) is 0 Å². The summed E-state index contributed by atoms with van der Waals surface area (Å²) in [5.41, 5.74) is 3.17. The van der Waals surface area contributed by atoms with Gasteiger partial charge in [0.05, 0.1) is 26.2 Å². The molecule has 1 aromatic carbocycles. The van der Waals surface area contributed by atoms with Gasteiger partial charge >= 0.3 is 0 Å². The minimum Gasteiger partial charge on any atom is -0.363 e. The van der Waals surface area contributed by atoms with Gasteiger partial charge in [0.2, 0.25) is 0 Å². The number of anilines is 1. The van der Waals surface area contributed by atoms with Crippen molar-refractivity contribution in [2.45, 2.75) is 20.3 Å². The van der Waals surface area contributed by atoms with Crippen LogP contribution in [0.25, 0.3) is 0 Å². The van der Waals surface area contributed by atoms with E-state index in [1.54, 1.807) is 0 Å². The van der Waals surface area contributed by atoms with E-state index in [1.165, 1.54) is 4.90 Å². The largest absolute Gasteiger partial charge is 0.363 e. The van der Waals surface area contributed by atoms with Crippen molar-refractivity contribution < 1.29 is 9.69 Å².